The van der Waals surface area contributed by atoms with Crippen molar-refractivity contribution in [2.75, 3.05) is 20.1 Å². The van der Waals surface area contributed by atoms with Crippen LogP contribution in [0.15, 0.2) is 0 Å². The molecule has 1 aliphatic rings. The van der Waals surface area contributed by atoms with Gasteiger partial charge in [0.15, 0.2) is 0 Å². The Morgan fingerprint density at radius 3 is 2.35 bits per heavy atom. The summed E-state index contributed by atoms with van der Waals surface area (Å²) < 4.78 is 0. The first-order valence-electron chi connectivity index (χ1n) is 7.58. The maximum absolute atomic E-state index is 3.70. The Kier molecular flexibility index (Phi) is 7.14. The summed E-state index contributed by atoms with van der Waals surface area (Å²) in [7, 11) is 2.32. The molecule has 1 fully saturated rings. The average molecular weight is 240 g/mol. The molecular formula is C15H32N2. The fourth-order valence-corrected chi connectivity index (χ4v) is 2.82. The van der Waals surface area contributed by atoms with E-state index in [1.54, 1.807) is 0 Å². The molecule has 0 aromatic rings. The van der Waals surface area contributed by atoms with Crippen molar-refractivity contribution >= 4 is 0 Å². The van der Waals surface area contributed by atoms with Crippen LogP contribution in [-0.4, -0.2) is 37.1 Å². The van der Waals surface area contributed by atoms with E-state index in [4.69, 9.17) is 0 Å². The molecular weight excluding hydrogens is 208 g/mol. The van der Waals surface area contributed by atoms with Crippen LogP contribution < -0.4 is 5.32 Å². The first-order valence-corrected chi connectivity index (χ1v) is 7.58. The number of nitrogens with one attached hydrogen (secondary N) is 1. The van der Waals surface area contributed by atoms with Crippen LogP contribution in [0.5, 0.6) is 0 Å². The Bertz CT molecular complexity index is 185. The Morgan fingerprint density at radius 2 is 1.82 bits per heavy atom. The number of nitrogens with zero attached hydrogens (tertiary/aromatic N) is 1. The Hall–Kier alpha value is -0.0800. The van der Waals surface area contributed by atoms with Crippen LogP contribution in [-0.2, 0) is 0 Å². The SMILES string of the molecule is CCCNC(CN(C)C1CCCCC1)C(C)C. The molecule has 0 saturated heterocycles. The molecule has 17 heavy (non-hydrogen) atoms. The molecule has 1 atom stereocenters. The molecule has 1 unspecified atom stereocenters. The molecule has 1 rings (SSSR count). The topological polar surface area (TPSA) is 15.3 Å². The molecule has 2 nitrogen and oxygen atoms in total. The van der Waals surface area contributed by atoms with E-state index in [1.807, 2.05) is 0 Å². The summed E-state index contributed by atoms with van der Waals surface area (Å²) in [5.41, 5.74) is 0. The quantitative estimate of drug-likeness (QED) is 0.735. The first kappa shape index (κ1) is 15.0. The fourth-order valence-electron chi connectivity index (χ4n) is 2.82. The summed E-state index contributed by atoms with van der Waals surface area (Å²) in [6, 6.07) is 1.50. The van der Waals surface area contributed by atoms with Crippen LogP contribution >= 0.6 is 0 Å². The summed E-state index contributed by atoms with van der Waals surface area (Å²) in [6.07, 6.45) is 8.38. The van der Waals surface area contributed by atoms with E-state index in [9.17, 15) is 0 Å². The minimum atomic E-state index is 0.655. The molecule has 0 amide bonds. The highest BCUT2D eigenvalue weighted by atomic mass is 15.2. The highest BCUT2D eigenvalue weighted by Crippen LogP contribution is 2.22. The zero-order valence-electron chi connectivity index (χ0n) is 12.3. The summed E-state index contributed by atoms with van der Waals surface area (Å²) in [6.45, 7) is 9.28. The summed E-state index contributed by atoms with van der Waals surface area (Å²) in [5, 5.41) is 3.70. The molecule has 2 heteroatoms. The van der Waals surface area contributed by atoms with E-state index in [1.165, 1.54) is 45.1 Å². The molecule has 0 radical (unpaired) electrons. The first-order chi connectivity index (χ1) is 8.15. The van der Waals surface area contributed by atoms with E-state index in [0.29, 0.717) is 6.04 Å². The van der Waals surface area contributed by atoms with Gasteiger partial charge in [0, 0.05) is 18.6 Å². The maximum atomic E-state index is 3.70. The van der Waals surface area contributed by atoms with Gasteiger partial charge in [0.1, 0.15) is 0 Å². The third-order valence-corrected chi connectivity index (χ3v) is 4.14. The van der Waals surface area contributed by atoms with Gasteiger partial charge in [-0.05, 0) is 38.8 Å². The second-order valence-corrected chi connectivity index (χ2v) is 6.04. The lowest BCUT2D eigenvalue weighted by Crippen LogP contribution is -2.46. The molecule has 0 aliphatic heterocycles. The van der Waals surface area contributed by atoms with E-state index >= 15 is 0 Å². The second kappa shape index (κ2) is 8.10. The van der Waals surface area contributed by atoms with Crippen LogP contribution in [0.2, 0.25) is 0 Å². The van der Waals surface area contributed by atoms with Crippen molar-refractivity contribution < 1.29 is 0 Å². The van der Waals surface area contributed by atoms with E-state index in [2.05, 4.69) is 38.0 Å². The highest BCUT2D eigenvalue weighted by molar-refractivity contribution is 4.79. The van der Waals surface area contributed by atoms with Crippen LogP contribution in [0.3, 0.4) is 0 Å². The Morgan fingerprint density at radius 1 is 1.18 bits per heavy atom. The molecule has 102 valence electrons. The standard InChI is InChI=1S/C15H32N2/c1-5-11-16-15(13(2)3)12-17(4)14-9-7-6-8-10-14/h13-16H,5-12H2,1-4H3. The van der Waals surface area contributed by atoms with Gasteiger partial charge in [0.25, 0.3) is 0 Å². The summed E-state index contributed by atoms with van der Waals surface area (Å²) >= 11 is 0. The van der Waals surface area contributed by atoms with E-state index < -0.39 is 0 Å². The lowest BCUT2D eigenvalue weighted by atomic mass is 9.93. The molecule has 1 saturated carbocycles. The van der Waals surface area contributed by atoms with Gasteiger partial charge in [-0.25, -0.2) is 0 Å². The van der Waals surface area contributed by atoms with Crippen molar-refractivity contribution in [3.63, 3.8) is 0 Å². The Balaban J connectivity index is 2.36. The number of rotatable bonds is 7. The van der Waals surface area contributed by atoms with E-state index in [-0.39, 0.29) is 0 Å². The predicted molar refractivity (Wildman–Crippen MR) is 76.4 cm³/mol. The second-order valence-electron chi connectivity index (χ2n) is 6.04. The molecule has 0 heterocycles. The lowest BCUT2D eigenvalue weighted by molar-refractivity contribution is 0.161. The fraction of sp³-hybridized carbons (Fsp3) is 1.00. The van der Waals surface area contributed by atoms with Crippen molar-refractivity contribution in [3.8, 4) is 0 Å². The van der Waals surface area contributed by atoms with Gasteiger partial charge >= 0.3 is 0 Å². The third-order valence-electron chi connectivity index (χ3n) is 4.14. The lowest BCUT2D eigenvalue weighted by Gasteiger charge is -2.35. The third kappa shape index (κ3) is 5.39. The van der Waals surface area contributed by atoms with Crippen molar-refractivity contribution in [2.24, 2.45) is 5.92 Å². The van der Waals surface area contributed by atoms with Crippen LogP contribution in [0, 0.1) is 5.92 Å². The van der Waals surface area contributed by atoms with E-state index in [0.717, 1.165) is 18.5 Å². The Labute approximate surface area is 108 Å². The van der Waals surface area contributed by atoms with Gasteiger partial charge in [0.2, 0.25) is 0 Å². The number of hydrogen-bond donors (Lipinski definition) is 1. The van der Waals surface area contributed by atoms with Crippen molar-refractivity contribution in [1.29, 1.82) is 0 Å². The largest absolute Gasteiger partial charge is 0.312 e. The molecule has 0 spiro atoms. The highest BCUT2D eigenvalue weighted by Gasteiger charge is 2.21. The summed E-state index contributed by atoms with van der Waals surface area (Å²) in [5.74, 6) is 0.729. The van der Waals surface area contributed by atoms with Crippen LogP contribution in [0.4, 0.5) is 0 Å². The van der Waals surface area contributed by atoms with Gasteiger partial charge in [-0.2, -0.15) is 0 Å². The van der Waals surface area contributed by atoms with Crippen molar-refractivity contribution in [3.05, 3.63) is 0 Å². The molecule has 0 bridgehead atoms. The number of likely N-dealkylation sites (N-methyl/N-ethyl adjacent to an activating group) is 1. The van der Waals surface area contributed by atoms with Crippen molar-refractivity contribution in [1.82, 2.24) is 10.2 Å². The van der Waals surface area contributed by atoms with Gasteiger partial charge in [-0.15, -0.1) is 0 Å². The van der Waals surface area contributed by atoms with Crippen molar-refractivity contribution in [2.45, 2.75) is 71.4 Å². The monoisotopic (exact) mass is 240 g/mol. The molecule has 1 aliphatic carbocycles. The van der Waals surface area contributed by atoms with Crippen LogP contribution in [0.25, 0.3) is 0 Å². The molecule has 0 aromatic heterocycles. The number of hydrogen-bond acceptors (Lipinski definition) is 2. The van der Waals surface area contributed by atoms with Crippen LogP contribution in [0.1, 0.15) is 59.3 Å². The minimum absolute atomic E-state index is 0.655. The zero-order chi connectivity index (χ0) is 12.7. The zero-order valence-corrected chi connectivity index (χ0v) is 12.3. The predicted octanol–water partition coefficient (Wildman–Crippen LogP) is 3.28. The molecule has 1 N–H and O–H groups in total. The molecule has 0 aromatic carbocycles. The van der Waals surface area contributed by atoms with Gasteiger partial charge in [0.05, 0.1) is 0 Å². The van der Waals surface area contributed by atoms with Gasteiger partial charge in [-0.3, -0.25) is 0 Å². The van der Waals surface area contributed by atoms with Gasteiger partial charge in [-0.1, -0.05) is 40.0 Å². The summed E-state index contributed by atoms with van der Waals surface area (Å²) in [4.78, 5) is 2.60. The smallest absolute Gasteiger partial charge is 0.0217 e. The minimum Gasteiger partial charge on any atom is -0.312 e. The average Bonchev–Trinajstić information content (AvgIpc) is 2.35. The van der Waals surface area contributed by atoms with Gasteiger partial charge < -0.3 is 10.2 Å². The maximum Gasteiger partial charge on any atom is 0.0217 e. The normalized spacial score (nSPS) is 20.1.